The van der Waals surface area contributed by atoms with Crippen molar-refractivity contribution in [2.45, 2.75) is 20.3 Å². The molecule has 5 heteroatoms. The third-order valence-electron chi connectivity index (χ3n) is 2.09. The van der Waals surface area contributed by atoms with E-state index in [1.165, 1.54) is 13.0 Å². The Morgan fingerprint density at radius 3 is 2.47 bits per heavy atom. The number of benzene rings is 1. The number of carbonyl (C=O) groups is 3. The van der Waals surface area contributed by atoms with Crippen molar-refractivity contribution >= 4 is 23.3 Å². The summed E-state index contributed by atoms with van der Waals surface area (Å²) < 4.78 is 0. The number of carboxylic acids is 1. The second-order valence-corrected chi connectivity index (χ2v) is 3.78. The van der Waals surface area contributed by atoms with Crippen molar-refractivity contribution in [2.24, 2.45) is 0 Å². The lowest BCUT2D eigenvalue weighted by molar-refractivity contribution is -0.124. The van der Waals surface area contributed by atoms with Crippen molar-refractivity contribution in [2.75, 3.05) is 5.32 Å². The lowest BCUT2D eigenvalue weighted by Crippen LogP contribution is -2.17. The van der Waals surface area contributed by atoms with E-state index in [4.69, 9.17) is 5.11 Å². The largest absolute Gasteiger partial charge is 0.478 e. The molecule has 0 aliphatic carbocycles. The van der Waals surface area contributed by atoms with E-state index in [1.807, 2.05) is 0 Å². The Bertz CT molecular complexity index is 479. The standard InChI is InChI=1S/C12H13NO4/c1-7-3-4-9(12(16)17)10(5-7)13-11(15)6-8(2)14/h3-5H,6H2,1-2H3,(H,13,15)(H,16,17). The minimum atomic E-state index is -1.12. The third kappa shape index (κ3) is 3.71. The van der Waals surface area contributed by atoms with Crippen LogP contribution in [0.1, 0.15) is 29.3 Å². The van der Waals surface area contributed by atoms with Gasteiger partial charge in [-0.1, -0.05) is 6.07 Å². The van der Waals surface area contributed by atoms with E-state index >= 15 is 0 Å². The smallest absolute Gasteiger partial charge is 0.337 e. The van der Waals surface area contributed by atoms with E-state index in [0.29, 0.717) is 0 Å². The van der Waals surface area contributed by atoms with Crippen LogP contribution in [-0.4, -0.2) is 22.8 Å². The van der Waals surface area contributed by atoms with Crippen molar-refractivity contribution in [3.05, 3.63) is 29.3 Å². The summed E-state index contributed by atoms with van der Waals surface area (Å²) in [6.07, 6.45) is -0.257. The average molecular weight is 235 g/mol. The molecule has 0 aliphatic heterocycles. The second-order valence-electron chi connectivity index (χ2n) is 3.78. The fourth-order valence-electron chi connectivity index (χ4n) is 1.37. The highest BCUT2D eigenvalue weighted by molar-refractivity contribution is 6.06. The SMILES string of the molecule is CC(=O)CC(=O)Nc1cc(C)ccc1C(=O)O. The monoisotopic (exact) mass is 235 g/mol. The predicted octanol–water partition coefficient (Wildman–Crippen LogP) is 1.61. The first-order valence-electron chi connectivity index (χ1n) is 5.03. The summed E-state index contributed by atoms with van der Waals surface area (Å²) in [4.78, 5) is 33.1. The normalized spacial score (nSPS) is 9.76. The van der Waals surface area contributed by atoms with Gasteiger partial charge in [0.25, 0.3) is 0 Å². The van der Waals surface area contributed by atoms with Crippen LogP contribution in [0.2, 0.25) is 0 Å². The van der Waals surface area contributed by atoms with Crippen LogP contribution in [0, 0.1) is 6.92 Å². The summed E-state index contributed by atoms with van der Waals surface area (Å²) in [5.41, 5.74) is 1.05. The molecule has 90 valence electrons. The molecule has 0 radical (unpaired) electrons. The summed E-state index contributed by atoms with van der Waals surface area (Å²) in [7, 11) is 0. The van der Waals surface area contributed by atoms with Gasteiger partial charge in [-0.05, 0) is 31.5 Å². The van der Waals surface area contributed by atoms with Gasteiger partial charge in [0, 0.05) is 0 Å². The first kappa shape index (κ1) is 12.9. The van der Waals surface area contributed by atoms with E-state index in [2.05, 4.69) is 5.32 Å². The van der Waals surface area contributed by atoms with Crippen molar-refractivity contribution in [3.63, 3.8) is 0 Å². The molecule has 1 aromatic carbocycles. The summed E-state index contributed by atoms with van der Waals surface area (Å²) in [5.74, 6) is -1.90. The van der Waals surface area contributed by atoms with Crippen molar-refractivity contribution in [3.8, 4) is 0 Å². The molecule has 5 nitrogen and oxygen atoms in total. The number of carboxylic acid groups (broad SMARTS) is 1. The molecular weight excluding hydrogens is 222 g/mol. The molecule has 17 heavy (non-hydrogen) atoms. The van der Waals surface area contributed by atoms with Crippen LogP contribution in [0.25, 0.3) is 0 Å². The number of aryl methyl sites for hydroxylation is 1. The fraction of sp³-hybridized carbons (Fsp3) is 0.250. The number of hydrogen-bond donors (Lipinski definition) is 2. The highest BCUT2D eigenvalue weighted by Crippen LogP contribution is 2.17. The number of hydrogen-bond acceptors (Lipinski definition) is 3. The molecule has 0 saturated heterocycles. The number of ketones is 1. The van der Waals surface area contributed by atoms with E-state index in [-0.39, 0.29) is 23.5 Å². The van der Waals surface area contributed by atoms with Crippen LogP contribution >= 0.6 is 0 Å². The van der Waals surface area contributed by atoms with Gasteiger partial charge >= 0.3 is 5.97 Å². The Hall–Kier alpha value is -2.17. The van der Waals surface area contributed by atoms with Crippen LogP contribution in [0.5, 0.6) is 0 Å². The summed E-state index contributed by atoms with van der Waals surface area (Å²) in [6.45, 7) is 3.08. The Labute approximate surface area is 98.4 Å². The van der Waals surface area contributed by atoms with Crippen molar-refractivity contribution in [1.29, 1.82) is 0 Å². The molecule has 1 amide bonds. The minimum absolute atomic E-state index is 0.00695. The highest BCUT2D eigenvalue weighted by Gasteiger charge is 2.13. The van der Waals surface area contributed by atoms with Gasteiger partial charge in [-0.25, -0.2) is 4.79 Å². The Morgan fingerprint density at radius 2 is 1.94 bits per heavy atom. The van der Waals surface area contributed by atoms with E-state index in [9.17, 15) is 14.4 Å². The van der Waals surface area contributed by atoms with Crippen LogP contribution < -0.4 is 5.32 Å². The summed E-state index contributed by atoms with van der Waals surface area (Å²) in [5, 5.41) is 11.4. The molecule has 0 saturated carbocycles. The third-order valence-corrected chi connectivity index (χ3v) is 2.09. The second kappa shape index (κ2) is 5.25. The number of carbonyl (C=O) groups excluding carboxylic acids is 2. The highest BCUT2D eigenvalue weighted by atomic mass is 16.4. The van der Waals surface area contributed by atoms with E-state index in [1.54, 1.807) is 19.1 Å². The Kier molecular flexibility index (Phi) is 3.98. The van der Waals surface area contributed by atoms with Gasteiger partial charge in [0.1, 0.15) is 5.78 Å². The molecule has 0 bridgehead atoms. The summed E-state index contributed by atoms with van der Waals surface area (Å²) in [6, 6.07) is 4.62. The van der Waals surface area contributed by atoms with Gasteiger partial charge < -0.3 is 10.4 Å². The molecule has 0 heterocycles. The van der Waals surface area contributed by atoms with Gasteiger partial charge in [0.15, 0.2) is 0 Å². The lowest BCUT2D eigenvalue weighted by Gasteiger charge is -2.08. The topological polar surface area (TPSA) is 83.5 Å². The van der Waals surface area contributed by atoms with E-state index in [0.717, 1.165) is 5.56 Å². The maximum Gasteiger partial charge on any atom is 0.337 e. The molecule has 1 aromatic rings. The van der Waals surface area contributed by atoms with Crippen LogP contribution in [0.4, 0.5) is 5.69 Å². The van der Waals surface area contributed by atoms with Crippen molar-refractivity contribution < 1.29 is 19.5 Å². The lowest BCUT2D eigenvalue weighted by atomic mass is 10.1. The van der Waals surface area contributed by atoms with E-state index < -0.39 is 11.9 Å². The quantitative estimate of drug-likeness (QED) is 0.776. The Morgan fingerprint density at radius 1 is 1.29 bits per heavy atom. The van der Waals surface area contributed by atoms with Gasteiger partial charge in [0.2, 0.25) is 5.91 Å². The first-order valence-corrected chi connectivity index (χ1v) is 5.03. The minimum Gasteiger partial charge on any atom is -0.478 e. The van der Waals surface area contributed by atoms with Gasteiger partial charge in [-0.2, -0.15) is 0 Å². The molecule has 2 N–H and O–H groups in total. The maximum atomic E-state index is 11.4. The number of aromatic carboxylic acids is 1. The molecule has 0 fully saturated rings. The molecule has 1 rings (SSSR count). The molecule has 0 unspecified atom stereocenters. The van der Waals surface area contributed by atoms with Crippen LogP contribution in [-0.2, 0) is 9.59 Å². The zero-order valence-electron chi connectivity index (χ0n) is 9.61. The molecule has 0 aliphatic rings. The number of rotatable bonds is 4. The predicted molar refractivity (Wildman–Crippen MR) is 62.1 cm³/mol. The maximum absolute atomic E-state index is 11.4. The average Bonchev–Trinajstić information content (AvgIpc) is 2.15. The Balaban J connectivity index is 2.96. The zero-order valence-corrected chi connectivity index (χ0v) is 9.61. The van der Waals surface area contributed by atoms with Gasteiger partial charge in [-0.3, -0.25) is 9.59 Å². The van der Waals surface area contributed by atoms with Crippen LogP contribution in [0.3, 0.4) is 0 Å². The fourth-order valence-corrected chi connectivity index (χ4v) is 1.37. The van der Waals surface area contributed by atoms with Crippen molar-refractivity contribution in [1.82, 2.24) is 0 Å². The first-order chi connectivity index (χ1) is 7.90. The zero-order chi connectivity index (χ0) is 13.0. The van der Waals surface area contributed by atoms with Crippen LogP contribution in [0.15, 0.2) is 18.2 Å². The van der Waals surface area contributed by atoms with Gasteiger partial charge in [-0.15, -0.1) is 0 Å². The number of anilines is 1. The number of amides is 1. The molecular formula is C12H13NO4. The number of nitrogens with one attached hydrogen (secondary N) is 1. The molecule has 0 spiro atoms. The number of Topliss-reactive ketones (excluding diaryl/α,β-unsaturated/α-hetero) is 1. The molecule has 0 aromatic heterocycles. The summed E-state index contributed by atoms with van der Waals surface area (Å²) >= 11 is 0. The van der Waals surface area contributed by atoms with Gasteiger partial charge in [0.05, 0.1) is 17.7 Å². The molecule has 0 atom stereocenters.